The molecule has 0 rings (SSSR count). The summed E-state index contributed by atoms with van der Waals surface area (Å²) in [7, 11) is 0. The molecule has 0 bridgehead atoms. The molecule has 0 aromatic heterocycles. The third-order valence-electron chi connectivity index (χ3n) is 10.2. The van der Waals surface area contributed by atoms with Gasteiger partial charge in [-0.2, -0.15) is 0 Å². The second-order valence-electron chi connectivity index (χ2n) is 15.8. The summed E-state index contributed by atoms with van der Waals surface area (Å²) in [4.78, 5) is 37.7. The number of hydrogen-bond acceptors (Lipinski definition) is 6. The van der Waals surface area contributed by atoms with Gasteiger partial charge in [0, 0.05) is 19.3 Å². The summed E-state index contributed by atoms with van der Waals surface area (Å²) in [6, 6.07) is 0. The summed E-state index contributed by atoms with van der Waals surface area (Å²) >= 11 is 0. The number of ether oxygens (including phenoxy) is 3. The zero-order valence-corrected chi connectivity index (χ0v) is 36.9. The van der Waals surface area contributed by atoms with E-state index >= 15 is 0 Å². The van der Waals surface area contributed by atoms with Crippen molar-refractivity contribution in [2.24, 2.45) is 0 Å². The van der Waals surface area contributed by atoms with Crippen molar-refractivity contribution in [1.29, 1.82) is 0 Å². The van der Waals surface area contributed by atoms with Crippen molar-refractivity contribution in [3.05, 3.63) is 48.6 Å². The van der Waals surface area contributed by atoms with E-state index in [1.54, 1.807) is 0 Å². The highest BCUT2D eigenvalue weighted by atomic mass is 16.6. The van der Waals surface area contributed by atoms with Crippen LogP contribution < -0.4 is 0 Å². The minimum absolute atomic E-state index is 0.0783. The molecule has 0 N–H and O–H groups in total. The van der Waals surface area contributed by atoms with Crippen LogP contribution in [0, 0.1) is 0 Å². The molecule has 0 saturated heterocycles. The predicted molar refractivity (Wildman–Crippen MR) is 238 cm³/mol. The van der Waals surface area contributed by atoms with Gasteiger partial charge >= 0.3 is 17.9 Å². The number of unbranched alkanes of at least 4 members (excludes halogenated alkanes) is 26. The van der Waals surface area contributed by atoms with E-state index < -0.39 is 6.10 Å². The van der Waals surface area contributed by atoms with E-state index in [-0.39, 0.29) is 31.1 Å². The molecule has 0 fully saturated rings. The Morgan fingerprint density at radius 1 is 0.357 bits per heavy atom. The lowest BCUT2D eigenvalue weighted by molar-refractivity contribution is -0.167. The number of allylic oxidation sites excluding steroid dienone is 8. The number of esters is 3. The Bertz CT molecular complexity index is 996. The predicted octanol–water partition coefficient (Wildman–Crippen LogP) is 15.1. The van der Waals surface area contributed by atoms with Crippen LogP contribution in [0.15, 0.2) is 48.6 Å². The molecule has 0 aromatic rings. The normalized spacial score (nSPS) is 12.4. The fraction of sp³-hybridized carbons (Fsp3) is 0.780. The quantitative estimate of drug-likeness (QED) is 0.0265. The van der Waals surface area contributed by atoms with E-state index in [1.165, 1.54) is 109 Å². The smallest absolute Gasteiger partial charge is 0.306 e. The Kier molecular flexibility index (Phi) is 43.0. The van der Waals surface area contributed by atoms with Gasteiger partial charge in [-0.25, -0.2) is 0 Å². The molecule has 0 aliphatic rings. The van der Waals surface area contributed by atoms with E-state index in [0.717, 1.165) is 83.5 Å². The third kappa shape index (κ3) is 42.5. The molecule has 0 radical (unpaired) electrons. The first kappa shape index (κ1) is 53.4. The third-order valence-corrected chi connectivity index (χ3v) is 10.2. The minimum atomic E-state index is -0.776. The number of hydrogen-bond donors (Lipinski definition) is 0. The van der Waals surface area contributed by atoms with Gasteiger partial charge in [-0.3, -0.25) is 14.4 Å². The van der Waals surface area contributed by atoms with Crippen LogP contribution in [0.5, 0.6) is 0 Å². The Morgan fingerprint density at radius 3 is 1.04 bits per heavy atom. The van der Waals surface area contributed by atoms with Crippen LogP contribution >= 0.6 is 0 Å². The molecule has 0 spiro atoms. The van der Waals surface area contributed by atoms with Gasteiger partial charge < -0.3 is 14.2 Å². The standard InChI is InChI=1S/C50H88O6/c1-4-7-10-13-16-19-22-23-24-25-26-27-28-29-32-34-37-40-43-49(52)55-46-47(56-50(53)44-41-38-35-31-21-18-15-12-9-6-3)45-54-48(51)42-39-36-33-30-20-17-14-11-8-5-2/h16,19,22-27,47H,4-15,17-18,20-21,28-46H2,1-3H3/b19-16-,23-22-,25-24-,27-26-. The molecular formula is C50H88O6. The Hall–Kier alpha value is -2.63. The zero-order valence-electron chi connectivity index (χ0n) is 36.9. The van der Waals surface area contributed by atoms with Crippen LogP contribution in [0.4, 0.5) is 0 Å². The summed E-state index contributed by atoms with van der Waals surface area (Å²) in [5.74, 6) is -0.902. The molecule has 324 valence electrons. The summed E-state index contributed by atoms with van der Waals surface area (Å²) in [6.45, 7) is 6.55. The maximum atomic E-state index is 12.7. The topological polar surface area (TPSA) is 78.9 Å². The summed E-state index contributed by atoms with van der Waals surface area (Å²) in [5.41, 5.74) is 0. The Morgan fingerprint density at radius 2 is 0.643 bits per heavy atom. The van der Waals surface area contributed by atoms with Crippen molar-refractivity contribution in [1.82, 2.24) is 0 Å². The van der Waals surface area contributed by atoms with Gasteiger partial charge in [-0.1, -0.05) is 217 Å². The zero-order chi connectivity index (χ0) is 40.8. The Balaban J connectivity index is 4.36. The Labute approximate surface area is 346 Å². The van der Waals surface area contributed by atoms with Gasteiger partial charge in [-0.05, 0) is 44.9 Å². The van der Waals surface area contributed by atoms with Crippen LogP contribution in [0.25, 0.3) is 0 Å². The molecule has 1 unspecified atom stereocenters. The van der Waals surface area contributed by atoms with Crippen LogP contribution in [-0.4, -0.2) is 37.2 Å². The highest BCUT2D eigenvalue weighted by Crippen LogP contribution is 2.14. The van der Waals surface area contributed by atoms with Crippen molar-refractivity contribution >= 4 is 17.9 Å². The van der Waals surface area contributed by atoms with Gasteiger partial charge in [0.15, 0.2) is 6.10 Å². The highest BCUT2D eigenvalue weighted by Gasteiger charge is 2.19. The molecule has 0 aliphatic carbocycles. The molecule has 0 saturated carbocycles. The highest BCUT2D eigenvalue weighted by molar-refractivity contribution is 5.71. The average Bonchev–Trinajstić information content (AvgIpc) is 3.19. The maximum absolute atomic E-state index is 12.7. The largest absolute Gasteiger partial charge is 0.462 e. The molecule has 0 amide bonds. The molecule has 0 aromatic carbocycles. The van der Waals surface area contributed by atoms with Crippen molar-refractivity contribution in [3.8, 4) is 0 Å². The lowest BCUT2D eigenvalue weighted by Crippen LogP contribution is -2.30. The van der Waals surface area contributed by atoms with Gasteiger partial charge in [-0.15, -0.1) is 0 Å². The van der Waals surface area contributed by atoms with Gasteiger partial charge in [0.1, 0.15) is 13.2 Å². The number of carbonyl (C=O) groups excluding carboxylic acids is 3. The first-order chi connectivity index (χ1) is 27.5. The summed E-state index contributed by atoms with van der Waals surface area (Å²) in [6.07, 6.45) is 52.3. The fourth-order valence-corrected chi connectivity index (χ4v) is 6.57. The molecular weight excluding hydrogens is 697 g/mol. The van der Waals surface area contributed by atoms with E-state index in [2.05, 4.69) is 69.4 Å². The lowest BCUT2D eigenvalue weighted by Gasteiger charge is -2.18. The number of rotatable bonds is 42. The van der Waals surface area contributed by atoms with E-state index in [0.29, 0.717) is 19.3 Å². The van der Waals surface area contributed by atoms with Crippen molar-refractivity contribution in [2.45, 2.75) is 239 Å². The molecule has 56 heavy (non-hydrogen) atoms. The monoisotopic (exact) mass is 785 g/mol. The second-order valence-corrected chi connectivity index (χ2v) is 15.8. The summed E-state index contributed by atoms with van der Waals surface area (Å²) in [5, 5.41) is 0. The maximum Gasteiger partial charge on any atom is 0.306 e. The van der Waals surface area contributed by atoms with Crippen LogP contribution in [0.1, 0.15) is 233 Å². The lowest BCUT2D eigenvalue weighted by atomic mass is 10.1. The van der Waals surface area contributed by atoms with Crippen LogP contribution in [-0.2, 0) is 28.6 Å². The van der Waals surface area contributed by atoms with Gasteiger partial charge in [0.05, 0.1) is 0 Å². The second kappa shape index (κ2) is 45.1. The van der Waals surface area contributed by atoms with Crippen molar-refractivity contribution in [2.75, 3.05) is 13.2 Å². The van der Waals surface area contributed by atoms with E-state index in [9.17, 15) is 14.4 Å². The average molecular weight is 785 g/mol. The SMILES string of the molecule is CCCCC\C=C/C=C\C=C/C=C\CCCCCCCC(=O)OCC(COC(=O)CCCCCCCCCCCC)OC(=O)CCCCCCCCCCCC. The first-order valence-corrected chi connectivity index (χ1v) is 23.7. The van der Waals surface area contributed by atoms with E-state index in [1.807, 2.05) is 0 Å². The van der Waals surface area contributed by atoms with Gasteiger partial charge in [0.2, 0.25) is 0 Å². The first-order valence-electron chi connectivity index (χ1n) is 23.7. The van der Waals surface area contributed by atoms with Crippen LogP contribution in [0.3, 0.4) is 0 Å². The molecule has 0 heterocycles. The molecule has 1 atom stereocenters. The van der Waals surface area contributed by atoms with Gasteiger partial charge in [0.25, 0.3) is 0 Å². The fourth-order valence-electron chi connectivity index (χ4n) is 6.57. The van der Waals surface area contributed by atoms with Crippen molar-refractivity contribution < 1.29 is 28.6 Å². The van der Waals surface area contributed by atoms with E-state index in [4.69, 9.17) is 14.2 Å². The minimum Gasteiger partial charge on any atom is -0.462 e. The molecule has 6 heteroatoms. The van der Waals surface area contributed by atoms with Crippen molar-refractivity contribution in [3.63, 3.8) is 0 Å². The summed E-state index contributed by atoms with van der Waals surface area (Å²) < 4.78 is 16.7. The molecule has 0 aliphatic heterocycles. The molecule has 6 nitrogen and oxygen atoms in total. The number of carbonyl (C=O) groups is 3. The van der Waals surface area contributed by atoms with Crippen LogP contribution in [0.2, 0.25) is 0 Å².